The van der Waals surface area contributed by atoms with E-state index in [1.54, 1.807) is 30.3 Å². The molecule has 0 bridgehead atoms. The number of likely N-dealkylation sites (N-methyl/N-ethyl adjacent to an activating group) is 1. The molecule has 1 aromatic carbocycles. The molecule has 0 spiro atoms. The first-order chi connectivity index (χ1) is 13.1. The number of carbonyl (C=O) groups is 1. The normalized spacial score (nSPS) is 12.8. The number of hydrogen-bond acceptors (Lipinski definition) is 5. The minimum atomic E-state index is -0.0866. The first-order valence-corrected chi connectivity index (χ1v) is 8.89. The first-order valence-electron chi connectivity index (χ1n) is 8.89. The number of nitrogens with zero attached hydrogens (tertiary/aromatic N) is 2. The summed E-state index contributed by atoms with van der Waals surface area (Å²) >= 11 is 0. The number of halogens is 1. The Morgan fingerprint density at radius 1 is 1.36 bits per heavy atom. The molecule has 0 unspecified atom stereocenters. The van der Waals surface area contributed by atoms with E-state index in [2.05, 4.69) is 10.3 Å². The van der Waals surface area contributed by atoms with Gasteiger partial charge in [-0.1, -0.05) is 18.2 Å². The standard InChI is InChI=1S/C21H21N3O3.ClH/c1-14-17(16-5-3-4-6-18(16)27-14)13-24(2)20(25)8-7-15-11-19-21(23-12-15)22-9-10-26-19;/h3-8,11-12H,9-10,13H2,1-2H3,(H,22,23);1H/b8-7+;. The van der Waals surface area contributed by atoms with Gasteiger partial charge in [0.25, 0.3) is 0 Å². The van der Waals surface area contributed by atoms with Crippen molar-refractivity contribution in [1.82, 2.24) is 9.88 Å². The third kappa shape index (κ3) is 3.97. The molecule has 0 aliphatic carbocycles. The van der Waals surface area contributed by atoms with E-state index in [0.717, 1.165) is 40.2 Å². The van der Waals surface area contributed by atoms with Crippen molar-refractivity contribution in [2.75, 3.05) is 25.5 Å². The van der Waals surface area contributed by atoms with Crippen LogP contribution in [0, 0.1) is 6.92 Å². The number of rotatable bonds is 4. The quantitative estimate of drug-likeness (QED) is 0.671. The predicted molar refractivity (Wildman–Crippen MR) is 112 cm³/mol. The molecule has 28 heavy (non-hydrogen) atoms. The number of amides is 1. The van der Waals surface area contributed by atoms with Gasteiger partial charge in [-0.2, -0.15) is 0 Å². The zero-order chi connectivity index (χ0) is 18.8. The van der Waals surface area contributed by atoms with Gasteiger partial charge in [0, 0.05) is 36.8 Å². The van der Waals surface area contributed by atoms with Gasteiger partial charge in [-0.3, -0.25) is 4.79 Å². The van der Waals surface area contributed by atoms with E-state index in [9.17, 15) is 4.79 Å². The topological polar surface area (TPSA) is 67.6 Å². The van der Waals surface area contributed by atoms with E-state index in [0.29, 0.717) is 18.9 Å². The van der Waals surface area contributed by atoms with Crippen molar-refractivity contribution in [3.8, 4) is 5.75 Å². The Labute approximate surface area is 169 Å². The van der Waals surface area contributed by atoms with Gasteiger partial charge in [0.2, 0.25) is 5.91 Å². The van der Waals surface area contributed by atoms with E-state index in [-0.39, 0.29) is 18.3 Å². The molecule has 4 rings (SSSR count). The molecule has 3 aromatic rings. The van der Waals surface area contributed by atoms with Crippen LogP contribution in [-0.2, 0) is 11.3 Å². The number of aryl methyl sites for hydroxylation is 1. The lowest BCUT2D eigenvalue weighted by molar-refractivity contribution is -0.125. The largest absolute Gasteiger partial charge is 0.488 e. The number of carbonyl (C=O) groups excluding carboxylic acids is 1. The second-order valence-electron chi connectivity index (χ2n) is 6.55. The summed E-state index contributed by atoms with van der Waals surface area (Å²) in [4.78, 5) is 18.5. The second-order valence-corrected chi connectivity index (χ2v) is 6.55. The highest BCUT2D eigenvalue weighted by atomic mass is 35.5. The number of hydrogen-bond donors (Lipinski definition) is 1. The van der Waals surface area contributed by atoms with E-state index < -0.39 is 0 Å². The van der Waals surface area contributed by atoms with Crippen LogP contribution in [0.4, 0.5) is 5.82 Å². The van der Waals surface area contributed by atoms with Crippen LogP contribution in [0.5, 0.6) is 5.75 Å². The summed E-state index contributed by atoms with van der Waals surface area (Å²) in [6.07, 6.45) is 5.03. The van der Waals surface area contributed by atoms with Gasteiger partial charge in [-0.25, -0.2) is 4.98 Å². The number of benzene rings is 1. The number of nitrogens with one attached hydrogen (secondary N) is 1. The van der Waals surface area contributed by atoms with Gasteiger partial charge in [-0.15, -0.1) is 12.4 Å². The minimum absolute atomic E-state index is 0. The molecule has 1 aliphatic rings. The Hall–Kier alpha value is -2.99. The number of furan rings is 1. The van der Waals surface area contributed by atoms with Crippen LogP contribution in [0.2, 0.25) is 0 Å². The first kappa shape index (κ1) is 19.8. The van der Waals surface area contributed by atoms with Gasteiger partial charge in [0.05, 0.1) is 6.54 Å². The number of ether oxygens (including phenoxy) is 1. The molecule has 0 radical (unpaired) electrons. The van der Waals surface area contributed by atoms with Crippen molar-refractivity contribution in [1.29, 1.82) is 0 Å². The lowest BCUT2D eigenvalue weighted by Crippen LogP contribution is -2.24. The predicted octanol–water partition coefficient (Wildman–Crippen LogP) is 4.03. The highest BCUT2D eigenvalue weighted by molar-refractivity contribution is 5.92. The summed E-state index contributed by atoms with van der Waals surface area (Å²) in [6.45, 7) is 3.78. The van der Waals surface area contributed by atoms with Crippen LogP contribution in [0.1, 0.15) is 16.9 Å². The van der Waals surface area contributed by atoms with Gasteiger partial charge >= 0.3 is 0 Å². The highest BCUT2D eigenvalue weighted by Crippen LogP contribution is 2.27. The van der Waals surface area contributed by atoms with E-state index >= 15 is 0 Å². The molecular formula is C21H22ClN3O3. The van der Waals surface area contributed by atoms with Gasteiger partial charge in [-0.05, 0) is 30.7 Å². The lowest BCUT2D eigenvalue weighted by atomic mass is 10.1. The zero-order valence-electron chi connectivity index (χ0n) is 15.8. The summed E-state index contributed by atoms with van der Waals surface area (Å²) in [5.41, 5.74) is 2.70. The van der Waals surface area contributed by atoms with Crippen LogP contribution in [-0.4, -0.2) is 36.0 Å². The average Bonchev–Trinajstić information content (AvgIpc) is 3.01. The van der Waals surface area contributed by atoms with Crippen LogP contribution >= 0.6 is 12.4 Å². The summed E-state index contributed by atoms with van der Waals surface area (Å²) in [7, 11) is 1.78. The molecule has 1 amide bonds. The van der Waals surface area contributed by atoms with Crippen LogP contribution in [0.15, 0.2) is 47.0 Å². The summed E-state index contributed by atoms with van der Waals surface area (Å²) in [5.74, 6) is 2.20. The third-order valence-electron chi connectivity index (χ3n) is 4.62. The Morgan fingerprint density at radius 3 is 3.04 bits per heavy atom. The maximum Gasteiger partial charge on any atom is 0.246 e. The van der Waals surface area contributed by atoms with Gasteiger partial charge in [0.1, 0.15) is 18.0 Å². The van der Waals surface area contributed by atoms with Gasteiger partial charge in [0.15, 0.2) is 11.6 Å². The monoisotopic (exact) mass is 399 g/mol. The summed E-state index contributed by atoms with van der Waals surface area (Å²) < 4.78 is 11.4. The maximum atomic E-state index is 12.5. The molecule has 1 N–H and O–H groups in total. The Bertz CT molecular complexity index is 1030. The SMILES string of the molecule is Cc1oc2ccccc2c1CN(C)C(=O)/C=C/c1cnc2c(c1)OCCN2.Cl. The molecule has 0 fully saturated rings. The molecule has 3 heterocycles. The molecule has 7 heteroatoms. The Morgan fingerprint density at radius 2 is 2.18 bits per heavy atom. The zero-order valence-corrected chi connectivity index (χ0v) is 16.6. The minimum Gasteiger partial charge on any atom is -0.488 e. The molecule has 6 nitrogen and oxygen atoms in total. The lowest BCUT2D eigenvalue weighted by Gasteiger charge is -2.18. The third-order valence-corrected chi connectivity index (χ3v) is 4.62. The Balaban J connectivity index is 0.00000225. The van der Waals surface area contributed by atoms with E-state index in [4.69, 9.17) is 9.15 Å². The molecule has 0 saturated heterocycles. The number of pyridine rings is 1. The molecular weight excluding hydrogens is 378 g/mol. The number of aromatic nitrogens is 1. The fourth-order valence-corrected chi connectivity index (χ4v) is 3.15. The number of fused-ring (bicyclic) bond motifs is 2. The maximum absolute atomic E-state index is 12.5. The highest BCUT2D eigenvalue weighted by Gasteiger charge is 2.15. The number of anilines is 1. The fraction of sp³-hybridized carbons (Fsp3) is 0.238. The second kappa shape index (κ2) is 8.35. The Kier molecular flexibility index (Phi) is 5.90. The van der Waals surface area contributed by atoms with Crippen molar-refractivity contribution < 1.29 is 13.9 Å². The molecule has 1 aliphatic heterocycles. The van der Waals surface area contributed by atoms with Crippen LogP contribution in [0.3, 0.4) is 0 Å². The van der Waals surface area contributed by atoms with Gasteiger partial charge < -0.3 is 19.4 Å². The van der Waals surface area contributed by atoms with Crippen LogP contribution < -0.4 is 10.1 Å². The summed E-state index contributed by atoms with van der Waals surface area (Å²) in [5, 5.41) is 4.22. The fourth-order valence-electron chi connectivity index (χ4n) is 3.15. The molecule has 0 saturated carbocycles. The van der Waals surface area contributed by atoms with Crippen molar-refractivity contribution in [3.05, 3.63) is 59.5 Å². The van der Waals surface area contributed by atoms with E-state index in [1.807, 2.05) is 37.3 Å². The van der Waals surface area contributed by atoms with Crippen molar-refractivity contribution in [2.45, 2.75) is 13.5 Å². The van der Waals surface area contributed by atoms with E-state index in [1.165, 1.54) is 0 Å². The van der Waals surface area contributed by atoms with Crippen LogP contribution in [0.25, 0.3) is 17.0 Å². The smallest absolute Gasteiger partial charge is 0.246 e. The molecule has 2 aromatic heterocycles. The molecule has 0 atom stereocenters. The van der Waals surface area contributed by atoms with Crippen molar-refractivity contribution >= 4 is 41.2 Å². The number of para-hydroxylation sites is 1. The summed E-state index contributed by atoms with van der Waals surface area (Å²) in [6, 6.07) is 9.75. The van der Waals surface area contributed by atoms with Crippen molar-refractivity contribution in [3.63, 3.8) is 0 Å². The average molecular weight is 400 g/mol. The molecule has 146 valence electrons. The van der Waals surface area contributed by atoms with Crippen molar-refractivity contribution in [2.24, 2.45) is 0 Å².